The largest absolute Gasteiger partial charge is 0.353 e. The summed E-state index contributed by atoms with van der Waals surface area (Å²) in [5, 5.41) is 21.3. The first-order valence-electron chi connectivity index (χ1n) is 4.87. The van der Waals surface area contributed by atoms with E-state index in [4.69, 9.17) is 0 Å². The maximum Gasteiger partial charge on any atom is 0.335 e. The van der Waals surface area contributed by atoms with Gasteiger partial charge in [0, 0.05) is 12.1 Å². The van der Waals surface area contributed by atoms with Crippen LogP contribution in [0.25, 0.3) is 10.9 Å². The van der Waals surface area contributed by atoms with E-state index in [9.17, 15) is 25.0 Å². The van der Waals surface area contributed by atoms with Crippen LogP contribution in [0.2, 0.25) is 0 Å². The van der Waals surface area contributed by atoms with Crippen molar-refractivity contribution < 1.29 is 9.85 Å². The molecular weight excluding hydrogens is 242 g/mol. The third-order valence-corrected chi connectivity index (χ3v) is 2.53. The number of aromatic nitrogens is 1. The van der Waals surface area contributed by atoms with Crippen molar-refractivity contribution in [3.8, 4) is 0 Å². The van der Waals surface area contributed by atoms with Crippen molar-refractivity contribution in [3.05, 3.63) is 54.3 Å². The van der Waals surface area contributed by atoms with Crippen LogP contribution in [0.5, 0.6) is 0 Å². The number of non-ortho nitro benzene ring substituents is 1. The van der Waals surface area contributed by atoms with Gasteiger partial charge >= 0.3 is 5.69 Å². The zero-order chi connectivity index (χ0) is 13.4. The fourth-order valence-corrected chi connectivity index (χ4v) is 1.72. The Bertz CT molecular complexity index is 734. The molecule has 8 heteroatoms. The molecule has 0 saturated carbocycles. The maximum absolute atomic E-state index is 11.9. The molecule has 1 aromatic carbocycles. The number of pyridine rings is 1. The van der Waals surface area contributed by atoms with E-state index in [-0.39, 0.29) is 16.8 Å². The Hall–Kier alpha value is -2.77. The monoisotopic (exact) mass is 249 g/mol. The summed E-state index contributed by atoms with van der Waals surface area (Å²) in [4.78, 5) is 34.5. The highest BCUT2D eigenvalue weighted by atomic mass is 16.6. The van der Waals surface area contributed by atoms with Crippen LogP contribution in [0, 0.1) is 27.2 Å². The molecule has 0 bridgehead atoms. The van der Waals surface area contributed by atoms with Crippen molar-refractivity contribution in [1.29, 1.82) is 0 Å². The van der Waals surface area contributed by atoms with Gasteiger partial charge in [-0.25, -0.2) is 0 Å². The Kier molecular flexibility index (Phi) is 2.55. The van der Waals surface area contributed by atoms with Crippen molar-refractivity contribution in [2.45, 2.75) is 6.92 Å². The van der Waals surface area contributed by atoms with Gasteiger partial charge in [0.15, 0.2) is 0 Å². The van der Waals surface area contributed by atoms with Crippen molar-refractivity contribution in [3.63, 3.8) is 0 Å². The lowest BCUT2D eigenvalue weighted by atomic mass is 10.1. The molecule has 0 atom stereocenters. The summed E-state index contributed by atoms with van der Waals surface area (Å²) in [6.45, 7) is 1.40. The van der Waals surface area contributed by atoms with Crippen LogP contribution in [-0.4, -0.2) is 14.8 Å². The third-order valence-electron chi connectivity index (χ3n) is 2.53. The third kappa shape index (κ3) is 1.69. The summed E-state index contributed by atoms with van der Waals surface area (Å²) in [5.41, 5.74) is -1.26. The minimum atomic E-state index is -0.824. The lowest BCUT2D eigenvalue weighted by molar-refractivity contribution is -0.386. The number of H-pyrrole nitrogens is 1. The predicted molar refractivity (Wildman–Crippen MR) is 62.6 cm³/mol. The first kappa shape index (κ1) is 11.7. The number of nitrogens with one attached hydrogen (secondary N) is 1. The highest BCUT2D eigenvalue weighted by Gasteiger charge is 2.20. The molecule has 1 heterocycles. The van der Waals surface area contributed by atoms with Crippen molar-refractivity contribution >= 4 is 22.3 Å². The zero-order valence-corrected chi connectivity index (χ0v) is 9.17. The molecule has 1 aromatic heterocycles. The van der Waals surface area contributed by atoms with Crippen molar-refractivity contribution in [1.82, 2.24) is 4.98 Å². The second kappa shape index (κ2) is 3.91. The van der Waals surface area contributed by atoms with Crippen LogP contribution >= 0.6 is 0 Å². The summed E-state index contributed by atoms with van der Waals surface area (Å²) in [5.74, 6) is 0. The minimum absolute atomic E-state index is 0.0681. The fraction of sp³-hybridized carbons (Fsp3) is 0.100. The predicted octanol–water partition coefficient (Wildman–Crippen LogP) is 1.65. The lowest BCUT2D eigenvalue weighted by Crippen LogP contribution is -2.12. The molecular formula is C10H7N3O5. The molecule has 0 radical (unpaired) electrons. The van der Waals surface area contributed by atoms with Crippen molar-refractivity contribution in [2.24, 2.45) is 0 Å². The molecule has 0 aliphatic carbocycles. The van der Waals surface area contributed by atoms with E-state index >= 15 is 0 Å². The standard InChI is InChI=1S/C10H7N3O5/c1-5-9(13(17)18)10(14)7-4-6(12(15)16)2-3-8(7)11-5/h2-4H,1H3,(H,11,14). The molecule has 2 aromatic rings. The summed E-state index contributed by atoms with van der Waals surface area (Å²) in [6.07, 6.45) is 0. The minimum Gasteiger partial charge on any atom is -0.353 e. The quantitative estimate of drug-likeness (QED) is 0.640. The second-order valence-corrected chi connectivity index (χ2v) is 3.67. The molecule has 0 aliphatic rings. The first-order chi connectivity index (χ1) is 8.41. The van der Waals surface area contributed by atoms with Crippen molar-refractivity contribution in [2.75, 3.05) is 0 Å². The van der Waals surface area contributed by atoms with Gasteiger partial charge < -0.3 is 4.98 Å². The summed E-state index contributed by atoms with van der Waals surface area (Å²) < 4.78 is 0. The number of benzene rings is 1. The number of aromatic amines is 1. The Balaban J connectivity index is 2.90. The molecule has 0 aliphatic heterocycles. The maximum atomic E-state index is 11.9. The van der Waals surface area contributed by atoms with Gasteiger partial charge in [-0.2, -0.15) is 0 Å². The van der Waals surface area contributed by atoms with E-state index in [1.54, 1.807) is 0 Å². The van der Waals surface area contributed by atoms with Gasteiger partial charge in [0.05, 0.1) is 26.4 Å². The normalized spacial score (nSPS) is 10.5. The van der Waals surface area contributed by atoms with Gasteiger partial charge in [-0.3, -0.25) is 25.0 Å². The topological polar surface area (TPSA) is 119 Å². The van der Waals surface area contributed by atoms with E-state index in [1.807, 2.05) is 0 Å². The number of hydrogen-bond donors (Lipinski definition) is 1. The van der Waals surface area contributed by atoms with Gasteiger partial charge in [0.1, 0.15) is 0 Å². The van der Waals surface area contributed by atoms with E-state index in [2.05, 4.69) is 4.98 Å². The van der Waals surface area contributed by atoms with Crippen LogP contribution in [-0.2, 0) is 0 Å². The molecule has 0 fully saturated rings. The number of nitrogens with zero attached hydrogens (tertiary/aromatic N) is 2. The van der Waals surface area contributed by atoms with Crippen LogP contribution in [0.3, 0.4) is 0 Å². The van der Waals surface area contributed by atoms with E-state index in [0.29, 0.717) is 5.52 Å². The number of aryl methyl sites for hydroxylation is 1. The Morgan fingerprint density at radius 3 is 2.39 bits per heavy atom. The average Bonchev–Trinajstić information content (AvgIpc) is 2.27. The lowest BCUT2D eigenvalue weighted by Gasteiger charge is -2.01. The first-order valence-corrected chi connectivity index (χ1v) is 4.87. The summed E-state index contributed by atoms with van der Waals surface area (Å²) >= 11 is 0. The smallest absolute Gasteiger partial charge is 0.335 e. The number of nitro benzene ring substituents is 1. The Labute approximate surface area is 99.2 Å². The number of hydrogen-bond acceptors (Lipinski definition) is 5. The molecule has 0 saturated heterocycles. The Morgan fingerprint density at radius 1 is 1.17 bits per heavy atom. The van der Waals surface area contributed by atoms with E-state index < -0.39 is 21.0 Å². The average molecular weight is 249 g/mol. The van der Waals surface area contributed by atoms with Gasteiger partial charge in [-0.15, -0.1) is 0 Å². The summed E-state index contributed by atoms with van der Waals surface area (Å²) in [6, 6.07) is 3.61. The zero-order valence-electron chi connectivity index (χ0n) is 9.17. The molecule has 2 rings (SSSR count). The molecule has 8 nitrogen and oxygen atoms in total. The molecule has 92 valence electrons. The van der Waals surface area contributed by atoms with Gasteiger partial charge in [-0.1, -0.05) is 0 Å². The number of fused-ring (bicyclic) bond motifs is 1. The molecule has 1 N–H and O–H groups in total. The van der Waals surface area contributed by atoms with Crippen LogP contribution < -0.4 is 5.43 Å². The summed E-state index contributed by atoms with van der Waals surface area (Å²) in [7, 11) is 0. The Morgan fingerprint density at radius 2 is 1.83 bits per heavy atom. The van der Waals surface area contributed by atoms with E-state index in [1.165, 1.54) is 19.1 Å². The van der Waals surface area contributed by atoms with Crippen LogP contribution in [0.4, 0.5) is 11.4 Å². The van der Waals surface area contributed by atoms with Gasteiger partial charge in [0.25, 0.3) is 11.1 Å². The molecule has 0 amide bonds. The number of rotatable bonds is 2. The van der Waals surface area contributed by atoms with Crippen LogP contribution in [0.1, 0.15) is 5.69 Å². The SMILES string of the molecule is Cc1[nH]c2ccc([N+](=O)[O-])cc2c(=O)c1[N+](=O)[O-]. The van der Waals surface area contributed by atoms with Crippen LogP contribution in [0.15, 0.2) is 23.0 Å². The molecule has 0 spiro atoms. The van der Waals surface area contributed by atoms with Gasteiger partial charge in [0.2, 0.25) is 0 Å². The van der Waals surface area contributed by atoms with E-state index in [0.717, 1.165) is 6.07 Å². The highest BCUT2D eigenvalue weighted by Crippen LogP contribution is 2.20. The number of nitro groups is 2. The van der Waals surface area contributed by atoms with Gasteiger partial charge in [-0.05, 0) is 13.0 Å². The fourth-order valence-electron chi connectivity index (χ4n) is 1.72. The highest BCUT2D eigenvalue weighted by molar-refractivity contribution is 5.83. The molecule has 0 unspecified atom stereocenters. The molecule has 18 heavy (non-hydrogen) atoms. The second-order valence-electron chi connectivity index (χ2n) is 3.67.